The normalized spacial score (nSPS) is 19.4. The quantitative estimate of drug-likeness (QED) is 0.886. The molecule has 0 amide bonds. The lowest BCUT2D eigenvalue weighted by molar-refractivity contribution is -0.109. The lowest BCUT2D eigenvalue weighted by atomic mass is 9.76. The first-order chi connectivity index (χ1) is 13.1. The third-order valence-electron chi connectivity index (χ3n) is 5.50. The van der Waals surface area contributed by atoms with Crippen LogP contribution in [0.1, 0.15) is 27.0 Å². The lowest BCUT2D eigenvalue weighted by Gasteiger charge is -2.27. The molecule has 130 valence electrons. The molecule has 0 fully saturated rings. The SMILES string of the molecule is O=C1C=C(Cc2ccc(C(=O)O)cc2)C2C=CC=C3C2=C1c1ccccc13. The Kier molecular flexibility index (Phi) is 3.37. The van der Waals surface area contributed by atoms with Crippen molar-refractivity contribution >= 4 is 22.9 Å². The highest BCUT2D eigenvalue weighted by atomic mass is 16.4. The van der Waals surface area contributed by atoms with E-state index >= 15 is 0 Å². The Labute approximate surface area is 156 Å². The molecule has 27 heavy (non-hydrogen) atoms. The molecule has 3 nitrogen and oxygen atoms in total. The van der Waals surface area contributed by atoms with Gasteiger partial charge in [0.15, 0.2) is 5.78 Å². The summed E-state index contributed by atoms with van der Waals surface area (Å²) in [7, 11) is 0. The molecule has 5 rings (SSSR count). The predicted molar refractivity (Wildman–Crippen MR) is 104 cm³/mol. The number of carbonyl (C=O) groups excluding carboxylic acids is 1. The molecular weight excluding hydrogens is 336 g/mol. The van der Waals surface area contributed by atoms with Gasteiger partial charge in [0.05, 0.1) is 5.56 Å². The molecule has 2 aromatic carbocycles. The van der Waals surface area contributed by atoms with Gasteiger partial charge in [0, 0.05) is 11.5 Å². The molecule has 1 N–H and O–H groups in total. The van der Waals surface area contributed by atoms with Crippen LogP contribution >= 0.6 is 0 Å². The van der Waals surface area contributed by atoms with E-state index in [2.05, 4.69) is 24.3 Å². The van der Waals surface area contributed by atoms with Crippen LogP contribution < -0.4 is 0 Å². The summed E-state index contributed by atoms with van der Waals surface area (Å²) in [4.78, 5) is 24.0. The summed E-state index contributed by atoms with van der Waals surface area (Å²) in [5, 5.41) is 9.06. The highest BCUT2D eigenvalue weighted by Gasteiger charge is 2.38. The van der Waals surface area contributed by atoms with Crippen molar-refractivity contribution in [2.24, 2.45) is 5.92 Å². The summed E-state index contributed by atoms with van der Waals surface area (Å²) < 4.78 is 0. The first kappa shape index (κ1) is 15.8. The van der Waals surface area contributed by atoms with E-state index in [0.29, 0.717) is 6.42 Å². The highest BCUT2D eigenvalue weighted by Crippen LogP contribution is 2.51. The van der Waals surface area contributed by atoms with Gasteiger partial charge in [0.2, 0.25) is 0 Å². The Morgan fingerprint density at radius 2 is 1.74 bits per heavy atom. The van der Waals surface area contributed by atoms with Gasteiger partial charge in [0.1, 0.15) is 0 Å². The Bertz CT molecular complexity index is 1120. The number of rotatable bonds is 3. The third kappa shape index (κ3) is 2.36. The van der Waals surface area contributed by atoms with Crippen LogP contribution in [0.4, 0.5) is 0 Å². The molecule has 0 aromatic heterocycles. The van der Waals surface area contributed by atoms with Crippen LogP contribution in [0.2, 0.25) is 0 Å². The molecule has 1 unspecified atom stereocenters. The number of allylic oxidation sites excluding steroid dienone is 8. The van der Waals surface area contributed by atoms with E-state index in [0.717, 1.165) is 39.0 Å². The van der Waals surface area contributed by atoms with Gasteiger partial charge in [-0.15, -0.1) is 0 Å². The van der Waals surface area contributed by atoms with Crippen LogP contribution in [0, 0.1) is 5.92 Å². The number of ketones is 1. The second-order valence-electron chi connectivity index (χ2n) is 7.04. The van der Waals surface area contributed by atoms with Gasteiger partial charge in [-0.25, -0.2) is 4.79 Å². The topological polar surface area (TPSA) is 54.4 Å². The van der Waals surface area contributed by atoms with Crippen molar-refractivity contribution in [2.75, 3.05) is 0 Å². The summed E-state index contributed by atoms with van der Waals surface area (Å²) in [5.74, 6) is -0.786. The van der Waals surface area contributed by atoms with Gasteiger partial charge < -0.3 is 5.11 Å². The minimum absolute atomic E-state index is 0.0598. The average molecular weight is 352 g/mol. The fraction of sp³-hybridized carbons (Fsp3) is 0.0833. The Morgan fingerprint density at radius 3 is 2.48 bits per heavy atom. The van der Waals surface area contributed by atoms with E-state index in [1.807, 2.05) is 30.3 Å². The molecule has 3 heteroatoms. The molecule has 0 spiro atoms. The molecule has 3 aliphatic rings. The maximum Gasteiger partial charge on any atom is 0.335 e. The standard InChI is InChI=1S/C24H16O3/c25-21-13-16(12-14-8-10-15(11-9-14)24(26)27)17-6-3-7-19-18-4-1-2-5-20(18)23(21)22(17)19/h1-11,13,17H,12H2,(H,26,27). The molecule has 0 aliphatic heterocycles. The van der Waals surface area contributed by atoms with Crippen LogP contribution in [0.25, 0.3) is 11.1 Å². The Balaban J connectivity index is 1.53. The first-order valence-electron chi connectivity index (χ1n) is 8.93. The molecule has 2 aromatic rings. The largest absolute Gasteiger partial charge is 0.478 e. The smallest absolute Gasteiger partial charge is 0.335 e. The van der Waals surface area contributed by atoms with E-state index in [1.165, 1.54) is 0 Å². The number of hydrogen-bond acceptors (Lipinski definition) is 2. The van der Waals surface area contributed by atoms with Gasteiger partial charge in [-0.05, 0) is 52.5 Å². The number of aromatic carboxylic acids is 1. The molecule has 0 saturated heterocycles. The fourth-order valence-electron chi connectivity index (χ4n) is 4.29. The molecule has 0 radical (unpaired) electrons. The number of carboxylic acid groups (broad SMARTS) is 1. The van der Waals surface area contributed by atoms with Crippen molar-refractivity contribution in [1.29, 1.82) is 0 Å². The number of benzene rings is 2. The second-order valence-corrected chi connectivity index (χ2v) is 7.04. The van der Waals surface area contributed by atoms with E-state index < -0.39 is 5.97 Å². The molecule has 3 aliphatic carbocycles. The zero-order chi connectivity index (χ0) is 18.5. The summed E-state index contributed by atoms with van der Waals surface area (Å²) in [6.45, 7) is 0. The number of carboxylic acids is 1. The second kappa shape index (κ2) is 5.78. The van der Waals surface area contributed by atoms with Crippen LogP contribution in [0.3, 0.4) is 0 Å². The Morgan fingerprint density at radius 1 is 1.00 bits per heavy atom. The molecule has 0 heterocycles. The van der Waals surface area contributed by atoms with Crippen LogP contribution in [-0.2, 0) is 11.2 Å². The van der Waals surface area contributed by atoms with Gasteiger partial charge in [-0.2, -0.15) is 0 Å². The van der Waals surface area contributed by atoms with Crippen molar-refractivity contribution in [3.8, 4) is 0 Å². The number of fused-ring (bicyclic) bond motifs is 3. The van der Waals surface area contributed by atoms with Crippen LogP contribution in [0.5, 0.6) is 0 Å². The van der Waals surface area contributed by atoms with E-state index in [-0.39, 0.29) is 17.3 Å². The average Bonchev–Trinajstić information content (AvgIpc) is 3.02. The molecule has 1 atom stereocenters. The minimum Gasteiger partial charge on any atom is -0.478 e. The molecular formula is C24H16O3. The van der Waals surface area contributed by atoms with Gasteiger partial charge in [-0.3, -0.25) is 4.79 Å². The zero-order valence-electron chi connectivity index (χ0n) is 14.5. The number of hydrogen-bond donors (Lipinski definition) is 1. The van der Waals surface area contributed by atoms with Gasteiger partial charge in [0.25, 0.3) is 0 Å². The van der Waals surface area contributed by atoms with E-state index in [4.69, 9.17) is 5.11 Å². The molecule has 0 bridgehead atoms. The number of carbonyl (C=O) groups is 2. The first-order valence-corrected chi connectivity index (χ1v) is 8.93. The Hall–Kier alpha value is -3.46. The van der Waals surface area contributed by atoms with E-state index in [1.54, 1.807) is 18.2 Å². The summed E-state index contributed by atoms with van der Waals surface area (Å²) in [5.41, 5.74) is 7.57. The van der Waals surface area contributed by atoms with Crippen LogP contribution in [0.15, 0.2) is 84.0 Å². The fourth-order valence-corrected chi connectivity index (χ4v) is 4.29. The maximum absolute atomic E-state index is 13.0. The third-order valence-corrected chi connectivity index (χ3v) is 5.50. The minimum atomic E-state index is -0.933. The summed E-state index contributed by atoms with van der Waals surface area (Å²) in [6, 6.07) is 15.0. The monoisotopic (exact) mass is 352 g/mol. The van der Waals surface area contributed by atoms with Gasteiger partial charge in [-0.1, -0.05) is 60.2 Å². The summed E-state index contributed by atoms with van der Waals surface area (Å²) >= 11 is 0. The van der Waals surface area contributed by atoms with Crippen LogP contribution in [-0.4, -0.2) is 16.9 Å². The molecule has 0 saturated carbocycles. The van der Waals surface area contributed by atoms with Crippen molar-refractivity contribution < 1.29 is 14.7 Å². The maximum atomic E-state index is 13.0. The highest BCUT2D eigenvalue weighted by molar-refractivity contribution is 6.33. The van der Waals surface area contributed by atoms with Crippen molar-refractivity contribution in [3.63, 3.8) is 0 Å². The predicted octanol–water partition coefficient (Wildman–Crippen LogP) is 4.47. The van der Waals surface area contributed by atoms with Gasteiger partial charge >= 0.3 is 5.97 Å². The van der Waals surface area contributed by atoms with Crippen molar-refractivity contribution in [1.82, 2.24) is 0 Å². The van der Waals surface area contributed by atoms with Crippen molar-refractivity contribution in [3.05, 3.63) is 106 Å². The zero-order valence-corrected chi connectivity index (χ0v) is 14.5. The van der Waals surface area contributed by atoms with Crippen molar-refractivity contribution in [2.45, 2.75) is 6.42 Å². The lowest BCUT2D eigenvalue weighted by Crippen LogP contribution is -2.18. The van der Waals surface area contributed by atoms with E-state index in [9.17, 15) is 9.59 Å². The summed E-state index contributed by atoms with van der Waals surface area (Å²) in [6.07, 6.45) is 8.70.